The first-order valence-corrected chi connectivity index (χ1v) is 3.23. The second-order valence-corrected chi connectivity index (χ2v) is 1.87. The van der Waals surface area contributed by atoms with Crippen LogP contribution in [0.3, 0.4) is 0 Å². The predicted molar refractivity (Wildman–Crippen MR) is 38.2 cm³/mol. The van der Waals surface area contributed by atoms with Crippen LogP contribution in [0.2, 0.25) is 0 Å². The van der Waals surface area contributed by atoms with Gasteiger partial charge in [-0.3, -0.25) is 5.32 Å². The largest absolute Gasteiger partial charge is 0.412 e. The van der Waals surface area contributed by atoms with E-state index in [4.69, 9.17) is 5.11 Å². The highest BCUT2D eigenvalue weighted by Gasteiger charge is 1.81. The summed E-state index contributed by atoms with van der Waals surface area (Å²) in [6.07, 6.45) is 3.68. The Balaban J connectivity index is 0. The molecule has 58 valence electrons. The number of rotatable bonds is 5. The number of aliphatic hydroxyl groups is 1. The molecule has 0 aliphatic carbocycles. The molecule has 4 N–H and O–H groups in total. The first kappa shape index (κ1) is 11.6. The average molecular weight is 135 g/mol. The molecule has 0 aliphatic heterocycles. The standard InChI is InChI=1S/C6H15NO.H2O/c1-2-3-4-5-7-6-8;/h7-8H,2-6H2,1H3;1H2. The minimum Gasteiger partial charge on any atom is -0.412 e. The van der Waals surface area contributed by atoms with Gasteiger partial charge in [-0.05, 0) is 13.0 Å². The normalized spacial score (nSPS) is 8.67. The Bertz CT molecular complexity index is 36.0. The number of nitrogens with one attached hydrogen (secondary N) is 1. The van der Waals surface area contributed by atoms with Crippen LogP contribution in [0.1, 0.15) is 26.2 Å². The zero-order valence-corrected chi connectivity index (χ0v) is 5.98. The Hall–Kier alpha value is -0.120. The summed E-state index contributed by atoms with van der Waals surface area (Å²) in [5, 5.41) is 11.1. The van der Waals surface area contributed by atoms with Gasteiger partial charge in [0.25, 0.3) is 0 Å². The van der Waals surface area contributed by atoms with Gasteiger partial charge in [-0.2, -0.15) is 0 Å². The Morgan fingerprint density at radius 3 is 2.44 bits per heavy atom. The number of unbranched alkanes of at least 4 members (excludes halogenated alkanes) is 2. The summed E-state index contributed by atoms with van der Waals surface area (Å²) in [7, 11) is 0. The molecule has 0 aromatic heterocycles. The molecular weight excluding hydrogens is 118 g/mol. The number of hydrogen-bond donors (Lipinski definition) is 2. The fraction of sp³-hybridized carbons (Fsp3) is 1.00. The van der Waals surface area contributed by atoms with Crippen molar-refractivity contribution in [2.24, 2.45) is 0 Å². The van der Waals surface area contributed by atoms with Crippen LogP contribution >= 0.6 is 0 Å². The highest BCUT2D eigenvalue weighted by Crippen LogP contribution is 1.89. The quantitative estimate of drug-likeness (QED) is 0.408. The van der Waals surface area contributed by atoms with Crippen LogP contribution in [0, 0.1) is 0 Å². The Labute approximate surface area is 56.4 Å². The van der Waals surface area contributed by atoms with E-state index in [0.717, 1.165) is 6.54 Å². The topological polar surface area (TPSA) is 63.8 Å². The van der Waals surface area contributed by atoms with Crippen molar-refractivity contribution >= 4 is 0 Å². The van der Waals surface area contributed by atoms with E-state index in [1.165, 1.54) is 19.3 Å². The summed E-state index contributed by atoms with van der Waals surface area (Å²) in [5.74, 6) is 0. The summed E-state index contributed by atoms with van der Waals surface area (Å²) in [6, 6.07) is 0. The van der Waals surface area contributed by atoms with Crippen LogP contribution in [-0.2, 0) is 0 Å². The second-order valence-electron chi connectivity index (χ2n) is 1.87. The van der Waals surface area contributed by atoms with Gasteiger partial charge in [-0.25, -0.2) is 0 Å². The molecule has 0 radical (unpaired) electrons. The molecule has 0 amide bonds. The molecule has 0 bridgehead atoms. The van der Waals surface area contributed by atoms with Crippen molar-refractivity contribution in [3.63, 3.8) is 0 Å². The molecule has 0 unspecified atom stereocenters. The zero-order chi connectivity index (χ0) is 6.24. The fourth-order valence-corrected chi connectivity index (χ4v) is 0.579. The van der Waals surface area contributed by atoms with E-state index in [1.54, 1.807) is 0 Å². The monoisotopic (exact) mass is 135 g/mol. The molecule has 0 aromatic carbocycles. The van der Waals surface area contributed by atoms with E-state index in [2.05, 4.69) is 12.2 Å². The summed E-state index contributed by atoms with van der Waals surface area (Å²) in [6.45, 7) is 3.23. The van der Waals surface area contributed by atoms with Crippen LogP contribution in [-0.4, -0.2) is 23.9 Å². The highest BCUT2D eigenvalue weighted by atomic mass is 16.3. The molecule has 0 aromatic rings. The first-order chi connectivity index (χ1) is 3.91. The summed E-state index contributed by atoms with van der Waals surface area (Å²) in [5.41, 5.74) is 0. The van der Waals surface area contributed by atoms with E-state index >= 15 is 0 Å². The third kappa shape index (κ3) is 11.4. The fourth-order valence-electron chi connectivity index (χ4n) is 0.579. The molecule has 0 saturated heterocycles. The van der Waals surface area contributed by atoms with Gasteiger partial charge in [0, 0.05) is 0 Å². The van der Waals surface area contributed by atoms with E-state index in [0.29, 0.717) is 0 Å². The van der Waals surface area contributed by atoms with Gasteiger partial charge in [-0.15, -0.1) is 0 Å². The number of aliphatic hydroxyl groups excluding tert-OH is 1. The molecule has 9 heavy (non-hydrogen) atoms. The molecule has 0 spiro atoms. The SMILES string of the molecule is CCCCCNCO.O. The van der Waals surface area contributed by atoms with Crippen molar-refractivity contribution < 1.29 is 10.6 Å². The van der Waals surface area contributed by atoms with Crippen molar-refractivity contribution in [2.75, 3.05) is 13.3 Å². The van der Waals surface area contributed by atoms with Gasteiger partial charge >= 0.3 is 0 Å². The predicted octanol–water partition coefficient (Wildman–Crippen LogP) is -0.109. The minimum absolute atomic E-state index is 0. The second kappa shape index (κ2) is 10.8. The van der Waals surface area contributed by atoms with E-state index in [1.807, 2.05) is 0 Å². The van der Waals surface area contributed by atoms with Crippen LogP contribution in [0.5, 0.6) is 0 Å². The molecular formula is C6H17NO2. The molecule has 3 heteroatoms. The van der Waals surface area contributed by atoms with Gasteiger partial charge in [-0.1, -0.05) is 19.8 Å². The summed E-state index contributed by atoms with van der Waals surface area (Å²) in [4.78, 5) is 0. The van der Waals surface area contributed by atoms with Crippen LogP contribution in [0.25, 0.3) is 0 Å². The lowest BCUT2D eigenvalue weighted by molar-refractivity contribution is 0.260. The summed E-state index contributed by atoms with van der Waals surface area (Å²) >= 11 is 0. The van der Waals surface area contributed by atoms with Crippen LogP contribution in [0.4, 0.5) is 0 Å². The van der Waals surface area contributed by atoms with E-state index in [9.17, 15) is 0 Å². The highest BCUT2D eigenvalue weighted by molar-refractivity contribution is 4.40. The maximum Gasteiger partial charge on any atom is 0.0931 e. The lowest BCUT2D eigenvalue weighted by Crippen LogP contribution is -2.15. The Morgan fingerprint density at radius 2 is 2.00 bits per heavy atom. The van der Waals surface area contributed by atoms with Gasteiger partial charge in [0.05, 0.1) is 6.73 Å². The molecule has 0 saturated carbocycles. The van der Waals surface area contributed by atoms with E-state index in [-0.39, 0.29) is 12.2 Å². The third-order valence-electron chi connectivity index (χ3n) is 1.07. The molecule has 0 rings (SSSR count). The maximum absolute atomic E-state index is 8.25. The smallest absolute Gasteiger partial charge is 0.0931 e. The average Bonchev–Trinajstić information content (AvgIpc) is 1.81. The van der Waals surface area contributed by atoms with E-state index < -0.39 is 0 Å². The van der Waals surface area contributed by atoms with Crippen molar-refractivity contribution in [3.05, 3.63) is 0 Å². The molecule has 0 atom stereocenters. The Kier molecular flexibility index (Phi) is 14.0. The maximum atomic E-state index is 8.25. The van der Waals surface area contributed by atoms with Crippen LogP contribution < -0.4 is 5.32 Å². The van der Waals surface area contributed by atoms with Gasteiger partial charge < -0.3 is 10.6 Å². The van der Waals surface area contributed by atoms with Crippen molar-refractivity contribution in [1.82, 2.24) is 5.32 Å². The van der Waals surface area contributed by atoms with Crippen molar-refractivity contribution in [3.8, 4) is 0 Å². The van der Waals surface area contributed by atoms with Crippen molar-refractivity contribution in [2.45, 2.75) is 26.2 Å². The lowest BCUT2D eigenvalue weighted by atomic mass is 10.2. The van der Waals surface area contributed by atoms with Crippen molar-refractivity contribution in [1.29, 1.82) is 0 Å². The van der Waals surface area contributed by atoms with Gasteiger partial charge in [0.2, 0.25) is 0 Å². The number of hydrogen-bond acceptors (Lipinski definition) is 2. The van der Waals surface area contributed by atoms with Crippen LogP contribution in [0.15, 0.2) is 0 Å². The lowest BCUT2D eigenvalue weighted by Gasteiger charge is -1.96. The molecule has 0 heterocycles. The first-order valence-electron chi connectivity index (χ1n) is 3.23. The zero-order valence-electron chi connectivity index (χ0n) is 5.98. The van der Waals surface area contributed by atoms with Gasteiger partial charge in [0.15, 0.2) is 0 Å². The van der Waals surface area contributed by atoms with Gasteiger partial charge in [0.1, 0.15) is 0 Å². The summed E-state index contributed by atoms with van der Waals surface area (Å²) < 4.78 is 0. The molecule has 0 fully saturated rings. The minimum atomic E-state index is 0. The molecule has 3 nitrogen and oxygen atoms in total. The molecule has 0 aliphatic rings. The third-order valence-corrected chi connectivity index (χ3v) is 1.07. The Morgan fingerprint density at radius 1 is 1.33 bits per heavy atom.